The van der Waals surface area contributed by atoms with Crippen LogP contribution in [0.15, 0.2) is 134 Å². The quantitative estimate of drug-likeness (QED) is 0.0211. The van der Waals surface area contributed by atoms with Gasteiger partial charge in [0.1, 0.15) is 13.2 Å². The molecule has 1 N–H and O–H groups in total. The van der Waals surface area contributed by atoms with Crippen LogP contribution in [0.25, 0.3) is 0 Å². The molecule has 0 aromatic carbocycles. The Morgan fingerprint density at radius 2 is 0.722 bits per heavy atom. The van der Waals surface area contributed by atoms with E-state index in [2.05, 4.69) is 148 Å². The van der Waals surface area contributed by atoms with Crippen molar-refractivity contribution in [3.63, 3.8) is 0 Å². The summed E-state index contributed by atoms with van der Waals surface area (Å²) in [6.45, 7) is 4.73. The van der Waals surface area contributed by atoms with E-state index in [1.807, 2.05) is 21.1 Å². The highest BCUT2D eigenvalue weighted by molar-refractivity contribution is 5.71. The number of hydrogen-bond donors (Lipinski definition) is 1. The summed E-state index contributed by atoms with van der Waals surface area (Å²) in [5.41, 5.74) is 0. The molecule has 0 spiro atoms. The van der Waals surface area contributed by atoms with E-state index in [1.54, 1.807) is 0 Å². The number of carboxylic acid groups (broad SMARTS) is 1. The fourth-order valence-electron chi connectivity index (χ4n) is 8.14. The molecule has 9 heteroatoms. The maximum Gasteiger partial charge on any atom is 0.361 e. The Labute approximate surface area is 484 Å². The molecule has 9 nitrogen and oxygen atoms in total. The second-order valence-electron chi connectivity index (χ2n) is 21.6. The largest absolute Gasteiger partial charge is 0.477 e. The molecule has 0 heterocycles. The summed E-state index contributed by atoms with van der Waals surface area (Å²) in [6.07, 6.45) is 82.5. The average Bonchev–Trinajstić information content (AvgIpc) is 3.42. The van der Waals surface area contributed by atoms with Gasteiger partial charge in [0, 0.05) is 12.8 Å². The van der Waals surface area contributed by atoms with Crippen LogP contribution in [0, 0.1) is 0 Å². The van der Waals surface area contributed by atoms with Crippen molar-refractivity contribution in [2.24, 2.45) is 0 Å². The van der Waals surface area contributed by atoms with E-state index in [-0.39, 0.29) is 32.2 Å². The van der Waals surface area contributed by atoms with Gasteiger partial charge in [0.15, 0.2) is 6.10 Å². The number of likely N-dealkylation sites (N-methyl/N-ethyl adjacent to an activating group) is 1. The second kappa shape index (κ2) is 59.5. The number of nitrogens with zero attached hydrogens (tertiary/aromatic N) is 1. The number of rotatable bonds is 56. The van der Waals surface area contributed by atoms with E-state index in [9.17, 15) is 19.5 Å². The number of hydrogen-bond acceptors (Lipinski definition) is 7. The highest BCUT2D eigenvalue weighted by Gasteiger charge is 2.25. The molecule has 0 amide bonds. The van der Waals surface area contributed by atoms with Crippen LogP contribution < -0.4 is 0 Å². The van der Waals surface area contributed by atoms with Gasteiger partial charge < -0.3 is 28.5 Å². The number of carbonyl (C=O) groups is 3. The lowest BCUT2D eigenvalue weighted by Crippen LogP contribution is -2.40. The molecule has 0 fully saturated rings. The average molecular weight is 1100 g/mol. The Morgan fingerprint density at radius 3 is 1.08 bits per heavy atom. The van der Waals surface area contributed by atoms with Crippen LogP contribution in [0.3, 0.4) is 0 Å². The van der Waals surface area contributed by atoms with Crippen LogP contribution in [0.2, 0.25) is 0 Å². The summed E-state index contributed by atoms with van der Waals surface area (Å²) in [7, 11) is 5.95. The molecule has 0 rings (SSSR count). The third kappa shape index (κ3) is 60.9. The van der Waals surface area contributed by atoms with E-state index in [0.717, 1.165) is 122 Å². The van der Waals surface area contributed by atoms with Crippen molar-refractivity contribution in [1.29, 1.82) is 0 Å². The molecule has 79 heavy (non-hydrogen) atoms. The van der Waals surface area contributed by atoms with Gasteiger partial charge >= 0.3 is 17.9 Å². The predicted octanol–water partition coefficient (Wildman–Crippen LogP) is 19.0. The van der Waals surface area contributed by atoms with E-state index in [0.29, 0.717) is 23.9 Å². The number of ether oxygens (including phenoxy) is 4. The third-order valence-electron chi connectivity index (χ3n) is 12.9. The Balaban J connectivity index is 4.23. The first-order valence-electron chi connectivity index (χ1n) is 31.3. The van der Waals surface area contributed by atoms with Crippen LogP contribution >= 0.6 is 0 Å². The van der Waals surface area contributed by atoms with Crippen molar-refractivity contribution in [3.05, 3.63) is 134 Å². The highest BCUT2D eigenvalue weighted by Crippen LogP contribution is 2.15. The van der Waals surface area contributed by atoms with Crippen molar-refractivity contribution < 1.29 is 42.9 Å². The van der Waals surface area contributed by atoms with E-state index >= 15 is 0 Å². The molecule has 0 saturated heterocycles. The monoisotopic (exact) mass is 1100 g/mol. The van der Waals surface area contributed by atoms with Crippen LogP contribution in [0.4, 0.5) is 0 Å². The Morgan fingerprint density at radius 1 is 0.392 bits per heavy atom. The van der Waals surface area contributed by atoms with Crippen molar-refractivity contribution in [2.75, 3.05) is 47.5 Å². The molecule has 0 aliphatic carbocycles. The van der Waals surface area contributed by atoms with E-state index < -0.39 is 24.3 Å². The van der Waals surface area contributed by atoms with Gasteiger partial charge in [0.05, 0.1) is 34.4 Å². The summed E-state index contributed by atoms with van der Waals surface area (Å²) in [4.78, 5) is 37.4. The molecule has 0 aliphatic heterocycles. The topological polar surface area (TPSA) is 108 Å². The van der Waals surface area contributed by atoms with Gasteiger partial charge in [0.2, 0.25) is 0 Å². The molecule has 0 bridgehead atoms. The van der Waals surface area contributed by atoms with Crippen LogP contribution in [0.5, 0.6) is 0 Å². The number of carbonyl (C=O) groups excluding carboxylic acids is 2. The molecule has 0 aromatic rings. The fraction of sp³-hybridized carbons (Fsp3) is 0.643. The first kappa shape index (κ1) is 74.4. The zero-order valence-corrected chi connectivity index (χ0v) is 51.0. The van der Waals surface area contributed by atoms with Crippen molar-refractivity contribution >= 4 is 17.9 Å². The Bertz CT molecular complexity index is 1750. The molecule has 2 atom stereocenters. The smallest absolute Gasteiger partial charge is 0.361 e. The van der Waals surface area contributed by atoms with Gasteiger partial charge in [-0.05, 0) is 96.3 Å². The predicted molar refractivity (Wildman–Crippen MR) is 336 cm³/mol. The molecule has 448 valence electrons. The first-order chi connectivity index (χ1) is 38.6. The highest BCUT2D eigenvalue weighted by atomic mass is 16.7. The lowest BCUT2D eigenvalue weighted by Gasteiger charge is -2.25. The molecule has 2 unspecified atom stereocenters. The number of carboxylic acids is 1. The van der Waals surface area contributed by atoms with Crippen molar-refractivity contribution in [2.45, 2.75) is 245 Å². The van der Waals surface area contributed by atoms with Gasteiger partial charge in [-0.15, -0.1) is 0 Å². The number of unbranched alkanes of at least 4 members (excludes halogenated alkanes) is 19. The van der Waals surface area contributed by atoms with Crippen LogP contribution in [0.1, 0.15) is 232 Å². The van der Waals surface area contributed by atoms with Gasteiger partial charge in [-0.2, -0.15) is 0 Å². The van der Waals surface area contributed by atoms with Gasteiger partial charge in [0.25, 0.3) is 6.29 Å². The minimum atomic E-state index is -1.52. The SMILES string of the molecule is CC/C=C\C/C=C\C/C=C\C/C=C\C/C=C\C/C=C\C/C=C\C/C=C\C/C=C\C/C=C\C/C=C\CCCCCCCC(=O)OC(COC(=O)CCCCCCCCCCCCCCCCC)COC(OCC[N+](C)(C)C)C(=O)O. The standard InChI is InChI=1S/C70H115NO8/c1-6-8-10-12-14-16-18-20-22-23-24-25-26-27-28-29-30-31-32-33-34-35-36-37-38-39-40-41-42-43-44-45-47-49-51-53-55-57-59-61-68(73)79-66(65-78-70(69(74)75)76-63-62-71(3,4)5)64-77-67(72)60-58-56-54-52-50-48-46-21-19-17-15-13-11-9-7-2/h8,10,14,16,20,22,24-25,27-28,30-31,33-34,36-37,39-40,42-43,45,47,66,70H,6-7,9,11-13,15,17-19,21,23,26,29,32,35,38,41,44,46,48-65H2,1-5H3/p+1/b10-8-,16-14-,22-20-,25-24-,28-27-,31-30-,34-33-,37-36-,40-39-,43-42-,47-45-. The second-order valence-corrected chi connectivity index (χ2v) is 21.6. The van der Waals surface area contributed by atoms with Crippen LogP contribution in [-0.2, 0) is 33.3 Å². The minimum absolute atomic E-state index is 0.178. The number of quaternary nitrogens is 1. The zero-order valence-electron chi connectivity index (χ0n) is 51.0. The van der Waals surface area contributed by atoms with Gasteiger partial charge in [-0.25, -0.2) is 4.79 Å². The summed E-state index contributed by atoms with van der Waals surface area (Å²) >= 11 is 0. The summed E-state index contributed by atoms with van der Waals surface area (Å²) in [6, 6.07) is 0. The normalized spacial score (nSPS) is 13.7. The summed E-state index contributed by atoms with van der Waals surface area (Å²) in [5, 5.41) is 9.70. The molecular weight excluding hydrogens is 983 g/mol. The minimum Gasteiger partial charge on any atom is -0.477 e. The van der Waals surface area contributed by atoms with Gasteiger partial charge in [-0.1, -0.05) is 257 Å². The maximum atomic E-state index is 12.9. The first-order valence-corrected chi connectivity index (χ1v) is 31.3. The maximum absolute atomic E-state index is 12.9. The summed E-state index contributed by atoms with van der Waals surface area (Å²) in [5.74, 6) is -2.04. The molecular formula is C70H116NO8+. The number of allylic oxidation sites excluding steroid dienone is 22. The number of esters is 2. The summed E-state index contributed by atoms with van der Waals surface area (Å²) < 4.78 is 22.9. The molecule has 0 aromatic heterocycles. The molecule has 0 aliphatic rings. The fourth-order valence-corrected chi connectivity index (χ4v) is 8.14. The Kier molecular flexibility index (Phi) is 56.1. The van der Waals surface area contributed by atoms with E-state index in [1.165, 1.54) is 77.0 Å². The zero-order chi connectivity index (χ0) is 57.6. The molecule has 0 radical (unpaired) electrons. The molecule has 0 saturated carbocycles. The lowest BCUT2D eigenvalue weighted by atomic mass is 10.0. The van der Waals surface area contributed by atoms with E-state index in [4.69, 9.17) is 18.9 Å². The lowest BCUT2D eigenvalue weighted by molar-refractivity contribution is -0.870. The Hall–Kier alpha value is -4.57. The van der Waals surface area contributed by atoms with Crippen molar-refractivity contribution in [3.8, 4) is 0 Å². The third-order valence-corrected chi connectivity index (χ3v) is 12.9. The van der Waals surface area contributed by atoms with Crippen LogP contribution in [-0.4, -0.2) is 87.4 Å². The number of aliphatic carboxylic acids is 1. The van der Waals surface area contributed by atoms with Gasteiger partial charge in [-0.3, -0.25) is 9.59 Å². The van der Waals surface area contributed by atoms with Crippen molar-refractivity contribution in [1.82, 2.24) is 0 Å².